The van der Waals surface area contributed by atoms with Crippen LogP contribution in [0.15, 0.2) is 218 Å². The second-order valence-corrected chi connectivity index (χ2v) is 16.5. The van der Waals surface area contributed by atoms with Crippen LogP contribution in [0.2, 0.25) is 0 Å². The molecule has 298 valence electrons. The highest BCUT2D eigenvalue weighted by atomic mass is 16.5. The molecule has 0 unspecified atom stereocenters. The molecular weight excluding hydrogens is 781 g/mol. The van der Waals surface area contributed by atoms with Crippen LogP contribution in [-0.4, -0.2) is 19.9 Å². The molecule has 5 heteroatoms. The molecule has 0 saturated carbocycles. The number of rotatable bonds is 5. The first-order valence-electron chi connectivity index (χ1n) is 21.6. The number of hydrogen-bond donors (Lipinski definition) is 0. The molecule has 3 heterocycles. The predicted octanol–water partition coefficient (Wildman–Crippen LogP) is 14.4. The first-order valence-corrected chi connectivity index (χ1v) is 21.6. The number of nitrogens with zero attached hydrogens (tertiary/aromatic N) is 4. The molecule has 0 N–H and O–H groups in total. The lowest BCUT2D eigenvalue weighted by atomic mass is 9.66. The Bertz CT molecular complexity index is 3520. The highest BCUT2D eigenvalue weighted by molar-refractivity contribution is 6.13. The Morgan fingerprint density at radius 1 is 0.297 bits per heavy atom. The van der Waals surface area contributed by atoms with Crippen molar-refractivity contribution < 1.29 is 4.74 Å². The molecule has 1 spiro atoms. The van der Waals surface area contributed by atoms with Gasteiger partial charge in [-0.3, -0.25) is 0 Å². The zero-order chi connectivity index (χ0) is 42.2. The van der Waals surface area contributed by atoms with E-state index in [1.54, 1.807) is 0 Å². The van der Waals surface area contributed by atoms with Gasteiger partial charge >= 0.3 is 0 Å². The van der Waals surface area contributed by atoms with Gasteiger partial charge < -0.3 is 4.74 Å². The minimum Gasteiger partial charge on any atom is -0.457 e. The number of para-hydroxylation sites is 3. The average molecular weight is 817 g/mol. The van der Waals surface area contributed by atoms with Gasteiger partial charge in [0.2, 0.25) is 0 Å². The summed E-state index contributed by atoms with van der Waals surface area (Å²) in [5.74, 6) is 3.70. The molecule has 13 rings (SSSR count). The van der Waals surface area contributed by atoms with Gasteiger partial charge in [-0.2, -0.15) is 0 Å². The lowest BCUT2D eigenvalue weighted by molar-refractivity contribution is 0.436. The molecule has 1 aliphatic heterocycles. The summed E-state index contributed by atoms with van der Waals surface area (Å²) in [5, 5.41) is 3.43. The molecule has 0 atom stereocenters. The van der Waals surface area contributed by atoms with Crippen molar-refractivity contribution in [3.8, 4) is 79.2 Å². The summed E-state index contributed by atoms with van der Waals surface area (Å²) < 4.78 is 6.62. The summed E-state index contributed by atoms with van der Waals surface area (Å²) >= 11 is 0. The standard InChI is InChI=1S/C59H36N4O/c1-3-15-40(16-4-1)56-61-57(41-17-5-2-6-18-41)63-58(62-56)42-33-29-38(30-34-42)37-27-31-39(32-28-37)55-47-35-46-43-19-7-9-21-48(43)59(51(46)36-45(47)44-20-8-12-24-52(44)60-55)49-22-10-13-25-53(49)64-54-26-14-11-23-50(54)59/h1-36H. The van der Waals surface area contributed by atoms with Crippen LogP contribution in [0.5, 0.6) is 11.5 Å². The summed E-state index contributed by atoms with van der Waals surface area (Å²) in [6.07, 6.45) is 0. The van der Waals surface area contributed by atoms with Crippen molar-refractivity contribution in [1.82, 2.24) is 19.9 Å². The van der Waals surface area contributed by atoms with Gasteiger partial charge in [0.15, 0.2) is 17.5 Å². The maximum Gasteiger partial charge on any atom is 0.164 e. The summed E-state index contributed by atoms with van der Waals surface area (Å²) in [7, 11) is 0. The first-order chi connectivity index (χ1) is 31.7. The number of hydrogen-bond acceptors (Lipinski definition) is 5. The highest BCUT2D eigenvalue weighted by Gasteiger charge is 2.51. The molecule has 64 heavy (non-hydrogen) atoms. The van der Waals surface area contributed by atoms with Crippen molar-refractivity contribution in [2.24, 2.45) is 0 Å². The smallest absolute Gasteiger partial charge is 0.164 e. The Balaban J connectivity index is 0.922. The Hall–Kier alpha value is -8.54. The van der Waals surface area contributed by atoms with Gasteiger partial charge in [0.05, 0.1) is 16.6 Å². The highest BCUT2D eigenvalue weighted by Crippen LogP contribution is 2.62. The fourth-order valence-corrected chi connectivity index (χ4v) is 10.1. The van der Waals surface area contributed by atoms with E-state index >= 15 is 0 Å². The molecule has 0 saturated heterocycles. The van der Waals surface area contributed by atoms with Crippen LogP contribution in [-0.2, 0) is 5.41 Å². The van der Waals surface area contributed by atoms with E-state index in [-0.39, 0.29) is 0 Å². The van der Waals surface area contributed by atoms with Gasteiger partial charge in [-0.15, -0.1) is 0 Å². The fraction of sp³-hybridized carbons (Fsp3) is 0.0169. The van der Waals surface area contributed by atoms with Gasteiger partial charge in [0.25, 0.3) is 0 Å². The first kappa shape index (κ1) is 36.1. The minimum absolute atomic E-state index is 0.550. The van der Waals surface area contributed by atoms with Crippen molar-refractivity contribution >= 4 is 21.7 Å². The largest absolute Gasteiger partial charge is 0.457 e. The summed E-state index contributed by atoms with van der Waals surface area (Å²) in [4.78, 5) is 20.1. The predicted molar refractivity (Wildman–Crippen MR) is 257 cm³/mol. The fourth-order valence-electron chi connectivity index (χ4n) is 10.1. The van der Waals surface area contributed by atoms with Crippen LogP contribution in [0.1, 0.15) is 22.3 Å². The number of benzene rings is 9. The number of ether oxygens (including phenoxy) is 1. The van der Waals surface area contributed by atoms with E-state index in [1.165, 1.54) is 27.6 Å². The van der Waals surface area contributed by atoms with Crippen LogP contribution < -0.4 is 4.74 Å². The number of pyridine rings is 1. The van der Waals surface area contributed by atoms with Gasteiger partial charge in [0, 0.05) is 44.2 Å². The third-order valence-corrected chi connectivity index (χ3v) is 13.0. The third kappa shape index (κ3) is 5.51. The molecule has 9 aromatic carbocycles. The van der Waals surface area contributed by atoms with E-state index in [0.717, 1.165) is 78.0 Å². The quantitative estimate of drug-likeness (QED) is 0.162. The van der Waals surface area contributed by atoms with Gasteiger partial charge in [0.1, 0.15) is 11.5 Å². The lowest BCUT2D eigenvalue weighted by Gasteiger charge is -2.39. The second-order valence-electron chi connectivity index (χ2n) is 16.5. The molecule has 2 aliphatic rings. The lowest BCUT2D eigenvalue weighted by Crippen LogP contribution is -2.32. The Morgan fingerprint density at radius 2 is 0.766 bits per heavy atom. The molecule has 2 aromatic heterocycles. The summed E-state index contributed by atoms with van der Waals surface area (Å²) in [6.45, 7) is 0. The van der Waals surface area contributed by atoms with Crippen molar-refractivity contribution in [2.75, 3.05) is 0 Å². The minimum atomic E-state index is -0.550. The van der Waals surface area contributed by atoms with E-state index < -0.39 is 5.41 Å². The Kier molecular flexibility index (Phi) is 8.06. The van der Waals surface area contributed by atoms with E-state index in [9.17, 15) is 0 Å². The molecule has 0 amide bonds. The Labute approximate surface area is 370 Å². The molecule has 0 fully saturated rings. The van der Waals surface area contributed by atoms with Gasteiger partial charge in [-0.05, 0) is 69.1 Å². The Morgan fingerprint density at radius 3 is 1.38 bits per heavy atom. The molecular formula is C59H36N4O. The average Bonchev–Trinajstić information content (AvgIpc) is 3.65. The number of aromatic nitrogens is 4. The van der Waals surface area contributed by atoms with Crippen molar-refractivity contribution in [3.05, 3.63) is 241 Å². The monoisotopic (exact) mass is 816 g/mol. The SMILES string of the molecule is c1ccc(-c2nc(-c3ccccc3)nc(-c3ccc(-c4ccc(-c5nc6ccccc6c6cc7c(cc56)-c5ccccc5C75c6ccccc6Oc6ccccc65)cc4)cc3)n2)cc1. The van der Waals surface area contributed by atoms with Crippen molar-refractivity contribution in [1.29, 1.82) is 0 Å². The molecule has 0 bridgehead atoms. The van der Waals surface area contributed by atoms with Gasteiger partial charge in [-0.25, -0.2) is 19.9 Å². The van der Waals surface area contributed by atoms with E-state index in [1.807, 2.05) is 60.7 Å². The van der Waals surface area contributed by atoms with Crippen LogP contribution in [0.4, 0.5) is 0 Å². The van der Waals surface area contributed by atoms with E-state index in [0.29, 0.717) is 17.5 Å². The molecule has 11 aromatic rings. The van der Waals surface area contributed by atoms with Crippen LogP contribution >= 0.6 is 0 Å². The normalized spacial score (nSPS) is 12.9. The van der Waals surface area contributed by atoms with Crippen LogP contribution in [0.25, 0.3) is 89.4 Å². The maximum absolute atomic E-state index is 6.62. The van der Waals surface area contributed by atoms with E-state index in [4.69, 9.17) is 24.7 Å². The van der Waals surface area contributed by atoms with Crippen LogP contribution in [0, 0.1) is 0 Å². The van der Waals surface area contributed by atoms with Gasteiger partial charge in [-0.1, -0.05) is 188 Å². The van der Waals surface area contributed by atoms with Crippen molar-refractivity contribution in [2.45, 2.75) is 5.41 Å². The zero-order valence-electron chi connectivity index (χ0n) is 34.5. The summed E-state index contributed by atoms with van der Waals surface area (Å²) in [5.41, 5.74) is 14.7. The molecule has 5 nitrogen and oxygen atoms in total. The third-order valence-electron chi connectivity index (χ3n) is 13.0. The second kappa shape index (κ2) is 14.3. The zero-order valence-corrected chi connectivity index (χ0v) is 34.5. The van der Waals surface area contributed by atoms with Crippen molar-refractivity contribution in [3.63, 3.8) is 0 Å². The van der Waals surface area contributed by atoms with E-state index in [2.05, 4.69) is 158 Å². The summed E-state index contributed by atoms with van der Waals surface area (Å²) in [6, 6.07) is 76.8. The maximum atomic E-state index is 6.62. The van der Waals surface area contributed by atoms with Crippen LogP contribution in [0.3, 0.4) is 0 Å². The molecule has 1 aliphatic carbocycles. The topological polar surface area (TPSA) is 60.8 Å². The number of fused-ring (bicyclic) bond motifs is 12. The molecule has 0 radical (unpaired) electrons.